The van der Waals surface area contributed by atoms with E-state index in [1.165, 1.54) is 25.7 Å². The van der Waals surface area contributed by atoms with Crippen LogP contribution in [0.25, 0.3) is 0 Å². The molecule has 1 unspecified atom stereocenters. The van der Waals surface area contributed by atoms with Crippen LogP contribution in [0.2, 0.25) is 0 Å². The van der Waals surface area contributed by atoms with Gasteiger partial charge in [0.2, 0.25) is 0 Å². The molecule has 0 N–H and O–H groups in total. The van der Waals surface area contributed by atoms with Gasteiger partial charge in [-0.3, -0.25) is 0 Å². The summed E-state index contributed by atoms with van der Waals surface area (Å²) in [4.78, 5) is 0. The maximum Gasteiger partial charge on any atom is 0.251 e. The van der Waals surface area contributed by atoms with Crippen molar-refractivity contribution in [3.05, 3.63) is 0 Å². The van der Waals surface area contributed by atoms with E-state index in [1.807, 2.05) is 0 Å². The van der Waals surface area contributed by atoms with Crippen LogP contribution < -0.4 is 0 Å². The summed E-state index contributed by atoms with van der Waals surface area (Å²) in [5.41, 5.74) is 0. The molecule has 1 atom stereocenters. The molecule has 0 heterocycles. The average Bonchev–Trinajstić information content (AvgIpc) is 2.67. The standard InChI is InChI=1S/C11H20F2/c1-2-3-4-5-6-7-8-10-9-11(10,12)13/h10H,2-9H2,1H3. The van der Waals surface area contributed by atoms with Crippen molar-refractivity contribution in [3.63, 3.8) is 0 Å². The van der Waals surface area contributed by atoms with E-state index in [1.54, 1.807) is 0 Å². The summed E-state index contributed by atoms with van der Waals surface area (Å²) < 4.78 is 24.9. The SMILES string of the molecule is CCCCCCCCC1CC1(F)F. The highest BCUT2D eigenvalue weighted by Crippen LogP contribution is 2.51. The Kier molecular flexibility index (Phi) is 4.14. The van der Waals surface area contributed by atoms with E-state index in [0.717, 1.165) is 19.3 Å². The van der Waals surface area contributed by atoms with Gasteiger partial charge in [0.05, 0.1) is 0 Å². The first-order valence-corrected chi connectivity index (χ1v) is 5.54. The molecule has 78 valence electrons. The summed E-state index contributed by atoms with van der Waals surface area (Å²) in [6, 6.07) is 0. The lowest BCUT2D eigenvalue weighted by atomic mass is 10.1. The highest BCUT2D eigenvalue weighted by atomic mass is 19.3. The molecule has 1 aliphatic carbocycles. The molecule has 2 heteroatoms. The van der Waals surface area contributed by atoms with Gasteiger partial charge >= 0.3 is 0 Å². The fourth-order valence-corrected chi connectivity index (χ4v) is 1.75. The molecular formula is C11H20F2. The van der Waals surface area contributed by atoms with E-state index < -0.39 is 5.92 Å². The third-order valence-electron chi connectivity index (χ3n) is 2.86. The highest BCUT2D eigenvalue weighted by molar-refractivity contribution is 4.94. The smallest absolute Gasteiger partial charge is 0.207 e. The van der Waals surface area contributed by atoms with Crippen molar-refractivity contribution in [2.75, 3.05) is 0 Å². The molecule has 1 saturated carbocycles. The van der Waals surface area contributed by atoms with Crippen LogP contribution in [0.1, 0.15) is 58.3 Å². The topological polar surface area (TPSA) is 0 Å². The van der Waals surface area contributed by atoms with Crippen molar-refractivity contribution in [1.29, 1.82) is 0 Å². The first kappa shape index (κ1) is 10.9. The van der Waals surface area contributed by atoms with Gasteiger partial charge < -0.3 is 0 Å². The van der Waals surface area contributed by atoms with E-state index in [2.05, 4.69) is 6.92 Å². The zero-order valence-corrected chi connectivity index (χ0v) is 8.49. The second-order valence-electron chi connectivity index (χ2n) is 4.22. The molecule has 1 fully saturated rings. The van der Waals surface area contributed by atoms with Gasteiger partial charge in [0.1, 0.15) is 0 Å². The minimum Gasteiger partial charge on any atom is -0.207 e. The second-order valence-corrected chi connectivity index (χ2v) is 4.22. The lowest BCUT2D eigenvalue weighted by Crippen LogP contribution is -1.93. The van der Waals surface area contributed by atoms with Gasteiger partial charge in [-0.05, 0) is 6.42 Å². The van der Waals surface area contributed by atoms with Gasteiger partial charge in [-0.15, -0.1) is 0 Å². The molecule has 0 bridgehead atoms. The second kappa shape index (κ2) is 4.92. The van der Waals surface area contributed by atoms with Crippen LogP contribution >= 0.6 is 0 Å². The Hall–Kier alpha value is -0.140. The molecule has 1 rings (SSSR count). The number of alkyl halides is 2. The van der Waals surface area contributed by atoms with Gasteiger partial charge in [0.15, 0.2) is 0 Å². The van der Waals surface area contributed by atoms with Crippen molar-refractivity contribution in [3.8, 4) is 0 Å². The first-order valence-electron chi connectivity index (χ1n) is 5.54. The Morgan fingerprint density at radius 3 is 2.15 bits per heavy atom. The fourth-order valence-electron chi connectivity index (χ4n) is 1.75. The summed E-state index contributed by atoms with van der Waals surface area (Å²) >= 11 is 0. The molecule has 0 saturated heterocycles. The van der Waals surface area contributed by atoms with Crippen LogP contribution in [0, 0.1) is 5.92 Å². The molecule has 13 heavy (non-hydrogen) atoms. The summed E-state index contributed by atoms with van der Waals surface area (Å²) in [6.45, 7) is 2.19. The van der Waals surface area contributed by atoms with Crippen LogP contribution in [0.4, 0.5) is 8.78 Å². The minimum absolute atomic E-state index is 0.155. The number of hydrogen-bond acceptors (Lipinski definition) is 0. The largest absolute Gasteiger partial charge is 0.251 e. The Morgan fingerprint density at radius 2 is 1.62 bits per heavy atom. The van der Waals surface area contributed by atoms with Gasteiger partial charge in [-0.1, -0.05) is 45.4 Å². The number of hydrogen-bond donors (Lipinski definition) is 0. The van der Waals surface area contributed by atoms with Gasteiger partial charge in [-0.2, -0.15) is 0 Å². The summed E-state index contributed by atoms with van der Waals surface area (Å²) in [5, 5.41) is 0. The predicted octanol–water partition coefficient (Wildman–Crippen LogP) is 4.39. The molecule has 0 aromatic carbocycles. The van der Waals surface area contributed by atoms with E-state index in [9.17, 15) is 8.78 Å². The lowest BCUT2D eigenvalue weighted by molar-refractivity contribution is 0.0964. The monoisotopic (exact) mass is 190 g/mol. The predicted molar refractivity (Wildman–Crippen MR) is 51.0 cm³/mol. The molecule has 0 aliphatic heterocycles. The number of halogens is 2. The molecule has 1 aliphatic rings. The van der Waals surface area contributed by atoms with Crippen molar-refractivity contribution < 1.29 is 8.78 Å². The normalized spacial score (nSPS) is 24.7. The Balaban J connectivity index is 1.80. The molecular weight excluding hydrogens is 170 g/mol. The third kappa shape index (κ3) is 4.06. The Morgan fingerprint density at radius 1 is 1.08 bits per heavy atom. The molecule has 0 spiro atoms. The molecule has 0 radical (unpaired) electrons. The number of unbranched alkanes of at least 4 members (excludes halogenated alkanes) is 5. The molecule has 0 amide bonds. The van der Waals surface area contributed by atoms with E-state index in [0.29, 0.717) is 0 Å². The van der Waals surface area contributed by atoms with Crippen molar-refractivity contribution in [2.45, 2.75) is 64.2 Å². The lowest BCUT2D eigenvalue weighted by Gasteiger charge is -1.99. The van der Waals surface area contributed by atoms with Gasteiger partial charge in [-0.25, -0.2) is 8.78 Å². The van der Waals surface area contributed by atoms with Crippen LogP contribution in [0.15, 0.2) is 0 Å². The van der Waals surface area contributed by atoms with Crippen LogP contribution in [0.5, 0.6) is 0 Å². The minimum atomic E-state index is -2.29. The maximum atomic E-state index is 12.4. The molecule has 0 nitrogen and oxygen atoms in total. The van der Waals surface area contributed by atoms with Gasteiger partial charge in [0, 0.05) is 12.3 Å². The Bertz CT molecular complexity index is 143. The fraction of sp³-hybridized carbons (Fsp3) is 1.00. The van der Waals surface area contributed by atoms with Crippen LogP contribution in [0.3, 0.4) is 0 Å². The van der Waals surface area contributed by atoms with Gasteiger partial charge in [0.25, 0.3) is 5.92 Å². The molecule has 0 aromatic heterocycles. The number of rotatable bonds is 7. The summed E-state index contributed by atoms with van der Waals surface area (Å²) in [7, 11) is 0. The maximum absolute atomic E-state index is 12.4. The van der Waals surface area contributed by atoms with E-state index in [-0.39, 0.29) is 12.3 Å². The third-order valence-corrected chi connectivity index (χ3v) is 2.86. The first-order chi connectivity index (χ1) is 6.17. The van der Waals surface area contributed by atoms with E-state index in [4.69, 9.17) is 0 Å². The highest BCUT2D eigenvalue weighted by Gasteiger charge is 2.55. The average molecular weight is 190 g/mol. The summed E-state index contributed by atoms with van der Waals surface area (Å²) in [6.07, 6.45) is 8.10. The Labute approximate surface area is 79.7 Å². The van der Waals surface area contributed by atoms with Crippen LogP contribution in [-0.4, -0.2) is 5.92 Å². The quantitative estimate of drug-likeness (QED) is 0.522. The van der Waals surface area contributed by atoms with Crippen LogP contribution in [-0.2, 0) is 0 Å². The van der Waals surface area contributed by atoms with Crippen molar-refractivity contribution in [2.24, 2.45) is 5.92 Å². The van der Waals surface area contributed by atoms with Crippen molar-refractivity contribution >= 4 is 0 Å². The van der Waals surface area contributed by atoms with E-state index >= 15 is 0 Å². The zero-order chi connectivity index (χ0) is 9.73. The molecule has 0 aromatic rings. The van der Waals surface area contributed by atoms with Crippen molar-refractivity contribution in [1.82, 2.24) is 0 Å². The summed E-state index contributed by atoms with van der Waals surface area (Å²) in [5.74, 6) is -2.55. The zero-order valence-electron chi connectivity index (χ0n) is 8.49.